The molecule has 0 unspecified atom stereocenters. The van der Waals surface area contributed by atoms with Crippen LogP contribution >= 0.6 is 0 Å². The number of nitrogens with zero attached hydrogens (tertiary/aromatic N) is 1. The molecule has 0 spiro atoms. The summed E-state index contributed by atoms with van der Waals surface area (Å²) in [6, 6.07) is 5.49. The number of alkyl halides is 3. The van der Waals surface area contributed by atoms with Crippen molar-refractivity contribution in [1.29, 1.82) is 0 Å². The largest absolute Gasteiger partial charge is 0.573 e. The number of esters is 1. The van der Waals surface area contributed by atoms with Gasteiger partial charge < -0.3 is 9.47 Å². The second-order valence-corrected chi connectivity index (χ2v) is 5.67. The van der Waals surface area contributed by atoms with Gasteiger partial charge in [0.05, 0.1) is 0 Å². The zero-order valence-corrected chi connectivity index (χ0v) is 12.2. The quantitative estimate of drug-likeness (QED) is 0.614. The van der Waals surface area contributed by atoms with Crippen molar-refractivity contribution in [2.24, 2.45) is 10.4 Å². The van der Waals surface area contributed by atoms with Crippen LogP contribution in [0.2, 0.25) is 0 Å². The number of para-hydroxylation sites is 1. The summed E-state index contributed by atoms with van der Waals surface area (Å²) in [6.07, 6.45) is -3.60. The van der Waals surface area contributed by atoms with Gasteiger partial charge in [-0.15, -0.1) is 13.2 Å². The molecule has 1 aromatic rings. The van der Waals surface area contributed by atoms with Crippen molar-refractivity contribution in [2.45, 2.75) is 27.1 Å². The molecule has 4 nitrogen and oxygen atoms in total. The maximum atomic E-state index is 12.4. The molecular formula is C15H14F3NO3. The number of ether oxygens (including phenoxy) is 2. The zero-order valence-electron chi connectivity index (χ0n) is 12.2. The summed E-state index contributed by atoms with van der Waals surface area (Å²) in [6.45, 7) is 5.42. The molecule has 0 bridgehead atoms. The number of halogens is 3. The smallest absolute Gasteiger partial charge is 0.406 e. The molecule has 1 heterocycles. The number of hydrogen-bond donors (Lipinski definition) is 0. The third-order valence-electron chi connectivity index (χ3n) is 2.70. The predicted molar refractivity (Wildman–Crippen MR) is 74.1 cm³/mol. The normalized spacial score (nSPS) is 17.5. The molecule has 0 amide bonds. The molecule has 2 rings (SSSR count). The lowest BCUT2D eigenvalue weighted by Crippen LogP contribution is -2.21. The highest BCUT2D eigenvalue weighted by Crippen LogP contribution is 2.30. The first-order valence-corrected chi connectivity index (χ1v) is 6.44. The minimum Gasteiger partial charge on any atom is -0.406 e. The Morgan fingerprint density at radius 2 is 1.82 bits per heavy atom. The Morgan fingerprint density at radius 3 is 2.36 bits per heavy atom. The molecule has 0 radical (unpaired) electrons. The molecule has 0 aliphatic carbocycles. The molecule has 0 N–H and O–H groups in total. The van der Waals surface area contributed by atoms with Crippen LogP contribution in [-0.4, -0.2) is 18.2 Å². The summed E-state index contributed by atoms with van der Waals surface area (Å²) < 4.78 is 46.1. The first-order valence-electron chi connectivity index (χ1n) is 6.44. The SMILES string of the molecule is CC(C)(C)C1=N/C(=C\c2ccccc2OC(F)(F)F)C(=O)O1. The van der Waals surface area contributed by atoms with Gasteiger partial charge in [-0.3, -0.25) is 0 Å². The van der Waals surface area contributed by atoms with E-state index in [4.69, 9.17) is 4.74 Å². The number of carbonyl (C=O) groups is 1. The molecular weight excluding hydrogens is 299 g/mol. The number of hydrogen-bond acceptors (Lipinski definition) is 4. The van der Waals surface area contributed by atoms with E-state index in [1.54, 1.807) is 0 Å². The minimum absolute atomic E-state index is 0.0665. The molecule has 118 valence electrons. The molecule has 0 saturated heterocycles. The lowest BCUT2D eigenvalue weighted by Gasteiger charge is -2.15. The van der Waals surface area contributed by atoms with Crippen LogP contribution in [0.5, 0.6) is 5.75 Å². The van der Waals surface area contributed by atoms with Gasteiger partial charge in [-0.2, -0.15) is 0 Å². The van der Waals surface area contributed by atoms with Crippen molar-refractivity contribution in [1.82, 2.24) is 0 Å². The summed E-state index contributed by atoms with van der Waals surface area (Å²) in [4.78, 5) is 15.8. The van der Waals surface area contributed by atoms with Gasteiger partial charge in [0.2, 0.25) is 5.90 Å². The summed E-state index contributed by atoms with van der Waals surface area (Å²) in [5.41, 5.74) is -0.457. The molecule has 1 aliphatic rings. The van der Waals surface area contributed by atoms with Crippen molar-refractivity contribution in [3.8, 4) is 5.75 Å². The average Bonchev–Trinajstić information content (AvgIpc) is 2.72. The highest BCUT2D eigenvalue weighted by molar-refractivity contribution is 6.08. The van der Waals surface area contributed by atoms with E-state index in [-0.39, 0.29) is 17.2 Å². The zero-order chi connectivity index (χ0) is 16.5. The Labute approximate surface area is 125 Å². The molecule has 0 atom stereocenters. The van der Waals surface area contributed by atoms with Crippen LogP contribution in [-0.2, 0) is 9.53 Å². The third-order valence-corrected chi connectivity index (χ3v) is 2.70. The van der Waals surface area contributed by atoms with Gasteiger partial charge in [-0.25, -0.2) is 9.79 Å². The fourth-order valence-electron chi connectivity index (χ4n) is 1.69. The van der Waals surface area contributed by atoms with Gasteiger partial charge in [-0.05, 0) is 12.1 Å². The Morgan fingerprint density at radius 1 is 1.18 bits per heavy atom. The Bertz CT molecular complexity index is 655. The van der Waals surface area contributed by atoms with Gasteiger partial charge in [0, 0.05) is 11.0 Å². The molecule has 22 heavy (non-hydrogen) atoms. The number of rotatable bonds is 2. The van der Waals surface area contributed by atoms with Crippen LogP contribution in [0.4, 0.5) is 13.2 Å². The minimum atomic E-state index is -4.81. The first kappa shape index (κ1) is 16.1. The Hall–Kier alpha value is -2.31. The molecule has 1 aliphatic heterocycles. The fourth-order valence-corrected chi connectivity index (χ4v) is 1.69. The monoisotopic (exact) mass is 313 g/mol. The van der Waals surface area contributed by atoms with Crippen molar-refractivity contribution in [2.75, 3.05) is 0 Å². The standard InChI is InChI=1S/C15H14F3NO3/c1-14(2,3)13-19-10(12(20)21-13)8-9-6-4-5-7-11(9)22-15(16,17)18/h4-8H,1-3H3/b10-8-. The summed E-state index contributed by atoms with van der Waals surface area (Å²) >= 11 is 0. The summed E-state index contributed by atoms with van der Waals surface area (Å²) in [5, 5.41) is 0. The maximum absolute atomic E-state index is 12.4. The van der Waals surface area contributed by atoms with Gasteiger partial charge in [0.15, 0.2) is 5.70 Å². The van der Waals surface area contributed by atoms with E-state index < -0.39 is 23.5 Å². The predicted octanol–water partition coefficient (Wildman–Crippen LogP) is 3.93. The molecule has 7 heteroatoms. The van der Waals surface area contributed by atoms with Crippen LogP contribution in [0.1, 0.15) is 26.3 Å². The van der Waals surface area contributed by atoms with Gasteiger partial charge in [0.1, 0.15) is 5.75 Å². The van der Waals surface area contributed by atoms with E-state index in [0.717, 1.165) is 6.07 Å². The van der Waals surface area contributed by atoms with Gasteiger partial charge >= 0.3 is 12.3 Å². The van der Waals surface area contributed by atoms with E-state index in [1.807, 2.05) is 20.8 Å². The second kappa shape index (κ2) is 5.47. The highest BCUT2D eigenvalue weighted by Gasteiger charge is 2.33. The highest BCUT2D eigenvalue weighted by atomic mass is 19.4. The number of carbonyl (C=O) groups excluding carboxylic acids is 1. The van der Waals surface area contributed by atoms with E-state index in [1.165, 1.54) is 24.3 Å². The molecule has 1 aromatic carbocycles. The lowest BCUT2D eigenvalue weighted by molar-refractivity contribution is -0.274. The van der Waals surface area contributed by atoms with Crippen molar-refractivity contribution in [3.05, 3.63) is 35.5 Å². The van der Waals surface area contributed by atoms with Crippen molar-refractivity contribution < 1.29 is 27.4 Å². The van der Waals surface area contributed by atoms with Crippen molar-refractivity contribution in [3.63, 3.8) is 0 Å². The van der Waals surface area contributed by atoms with E-state index >= 15 is 0 Å². The molecule has 0 fully saturated rings. The van der Waals surface area contributed by atoms with E-state index in [2.05, 4.69) is 9.73 Å². The Kier molecular flexibility index (Phi) is 4.00. The van der Waals surface area contributed by atoms with Crippen LogP contribution in [0.25, 0.3) is 6.08 Å². The fraction of sp³-hybridized carbons (Fsp3) is 0.333. The number of benzene rings is 1. The topological polar surface area (TPSA) is 47.9 Å². The second-order valence-electron chi connectivity index (χ2n) is 5.67. The first-order chi connectivity index (χ1) is 10.1. The summed E-state index contributed by atoms with van der Waals surface area (Å²) in [5.74, 6) is -0.889. The summed E-state index contributed by atoms with van der Waals surface area (Å²) in [7, 11) is 0. The van der Waals surface area contributed by atoms with Gasteiger partial charge in [0.25, 0.3) is 0 Å². The van der Waals surface area contributed by atoms with Crippen LogP contribution in [0.15, 0.2) is 35.0 Å². The van der Waals surface area contributed by atoms with Crippen molar-refractivity contribution >= 4 is 17.9 Å². The molecule has 0 aromatic heterocycles. The van der Waals surface area contributed by atoms with Gasteiger partial charge in [-0.1, -0.05) is 39.0 Å². The molecule has 0 saturated carbocycles. The van der Waals surface area contributed by atoms with E-state index in [9.17, 15) is 18.0 Å². The lowest BCUT2D eigenvalue weighted by atomic mass is 9.97. The van der Waals surface area contributed by atoms with E-state index in [0.29, 0.717) is 0 Å². The maximum Gasteiger partial charge on any atom is 0.573 e. The number of aliphatic imine (C=N–C) groups is 1. The third kappa shape index (κ3) is 3.87. The van der Waals surface area contributed by atoms with Crippen LogP contribution in [0, 0.1) is 5.41 Å². The Balaban J connectivity index is 2.38. The number of cyclic esters (lactones) is 1. The van der Waals surface area contributed by atoms with Crippen LogP contribution in [0.3, 0.4) is 0 Å². The van der Waals surface area contributed by atoms with Crippen LogP contribution < -0.4 is 4.74 Å². The average molecular weight is 313 g/mol.